The molecule has 1 rings (SSSR count). The monoisotopic (exact) mass is 300 g/mol. The molecule has 0 spiro atoms. The van der Waals surface area contributed by atoms with Crippen molar-refractivity contribution in [3.8, 4) is 0 Å². The molecule has 5 nitrogen and oxygen atoms in total. The van der Waals surface area contributed by atoms with Crippen molar-refractivity contribution in [2.24, 2.45) is 5.41 Å². The van der Waals surface area contributed by atoms with E-state index >= 15 is 0 Å². The van der Waals surface area contributed by atoms with Crippen molar-refractivity contribution < 1.29 is 13.5 Å². The summed E-state index contributed by atoms with van der Waals surface area (Å²) in [4.78, 5) is 0.124. The van der Waals surface area contributed by atoms with E-state index in [1.807, 2.05) is 13.8 Å². The number of nitrogens with two attached hydrogens (primary N) is 1. The van der Waals surface area contributed by atoms with Gasteiger partial charge in [-0.25, -0.2) is 13.1 Å². The molecule has 0 radical (unpaired) electrons. The van der Waals surface area contributed by atoms with Gasteiger partial charge in [-0.3, -0.25) is 0 Å². The molecule has 0 aliphatic rings. The van der Waals surface area contributed by atoms with E-state index in [1.54, 1.807) is 25.1 Å². The number of hydrogen-bond acceptors (Lipinski definition) is 4. The first-order valence-electron chi connectivity index (χ1n) is 6.77. The van der Waals surface area contributed by atoms with Crippen LogP contribution in [0, 0.1) is 12.3 Å². The maximum Gasteiger partial charge on any atom is 0.242 e. The molecule has 0 amide bonds. The number of rotatable bonds is 7. The number of aliphatic hydroxyl groups is 1. The topological polar surface area (TPSA) is 92.4 Å². The van der Waals surface area contributed by atoms with Crippen molar-refractivity contribution in [3.05, 3.63) is 23.8 Å². The number of aryl methyl sites for hydroxylation is 1. The van der Waals surface area contributed by atoms with E-state index in [9.17, 15) is 13.5 Å². The molecule has 20 heavy (non-hydrogen) atoms. The first-order chi connectivity index (χ1) is 9.32. The summed E-state index contributed by atoms with van der Waals surface area (Å²) < 4.78 is 27.4. The number of hydrogen-bond donors (Lipinski definition) is 3. The maximum absolute atomic E-state index is 12.4. The molecule has 0 saturated carbocycles. The molecule has 0 aromatic heterocycles. The predicted molar refractivity (Wildman–Crippen MR) is 80.9 cm³/mol. The molecule has 0 saturated heterocycles. The number of aliphatic hydroxyl groups excluding tert-OH is 1. The first kappa shape index (κ1) is 16.9. The summed E-state index contributed by atoms with van der Waals surface area (Å²) in [5, 5.41) is 9.49. The zero-order chi connectivity index (χ0) is 15.4. The lowest BCUT2D eigenvalue weighted by molar-refractivity contribution is 0.119. The van der Waals surface area contributed by atoms with Crippen LogP contribution < -0.4 is 10.5 Å². The third kappa shape index (κ3) is 3.50. The van der Waals surface area contributed by atoms with Crippen molar-refractivity contribution in [1.82, 2.24) is 4.72 Å². The second-order valence-electron chi connectivity index (χ2n) is 5.18. The SMILES string of the molecule is CCC(CC)(CO)CNS(=O)(=O)c1c(C)cccc1N. The van der Waals surface area contributed by atoms with E-state index in [0.717, 1.165) is 0 Å². The Morgan fingerprint density at radius 3 is 2.35 bits per heavy atom. The van der Waals surface area contributed by atoms with Crippen LogP contribution in [0.25, 0.3) is 0 Å². The average molecular weight is 300 g/mol. The fourth-order valence-corrected chi connectivity index (χ4v) is 3.65. The lowest BCUT2D eigenvalue weighted by atomic mass is 9.84. The lowest BCUT2D eigenvalue weighted by Gasteiger charge is -2.29. The van der Waals surface area contributed by atoms with Crippen LogP contribution >= 0.6 is 0 Å². The van der Waals surface area contributed by atoms with Gasteiger partial charge in [0.2, 0.25) is 10.0 Å². The molecule has 1 aromatic carbocycles. The Bertz CT molecular complexity index is 523. The fraction of sp³-hybridized carbons (Fsp3) is 0.571. The fourth-order valence-electron chi connectivity index (χ4n) is 2.14. The summed E-state index contributed by atoms with van der Waals surface area (Å²) in [7, 11) is -3.67. The zero-order valence-electron chi connectivity index (χ0n) is 12.3. The highest BCUT2D eigenvalue weighted by molar-refractivity contribution is 7.89. The molecule has 0 atom stereocenters. The van der Waals surface area contributed by atoms with E-state index < -0.39 is 15.4 Å². The number of anilines is 1. The van der Waals surface area contributed by atoms with Gasteiger partial charge in [0, 0.05) is 18.6 Å². The predicted octanol–water partition coefficient (Wildman–Crippen LogP) is 1.65. The Balaban J connectivity index is 3.02. The van der Waals surface area contributed by atoms with Crippen LogP contribution in [-0.4, -0.2) is 26.7 Å². The molecule has 6 heteroatoms. The van der Waals surface area contributed by atoms with Crippen molar-refractivity contribution in [2.75, 3.05) is 18.9 Å². The third-order valence-corrected chi connectivity index (χ3v) is 5.60. The minimum Gasteiger partial charge on any atom is -0.398 e. The Kier molecular flexibility index (Phi) is 5.56. The van der Waals surface area contributed by atoms with Crippen LogP contribution in [0.1, 0.15) is 32.3 Å². The molecule has 1 aromatic rings. The molecule has 0 unspecified atom stereocenters. The third-order valence-electron chi connectivity index (χ3n) is 3.98. The van der Waals surface area contributed by atoms with Crippen molar-refractivity contribution >= 4 is 15.7 Å². The van der Waals surface area contributed by atoms with Crippen LogP contribution in [0.4, 0.5) is 5.69 Å². The first-order valence-corrected chi connectivity index (χ1v) is 8.26. The number of benzene rings is 1. The standard InChI is InChI=1S/C14H24N2O3S/c1-4-14(5-2,10-17)9-16-20(18,19)13-11(3)7-6-8-12(13)15/h6-8,16-17H,4-5,9-10,15H2,1-3H3. The van der Waals surface area contributed by atoms with Gasteiger partial charge in [-0.15, -0.1) is 0 Å². The van der Waals surface area contributed by atoms with Crippen molar-refractivity contribution in [3.63, 3.8) is 0 Å². The molecule has 0 heterocycles. The van der Waals surface area contributed by atoms with E-state index in [0.29, 0.717) is 18.4 Å². The smallest absolute Gasteiger partial charge is 0.242 e. The molecule has 0 aliphatic carbocycles. The molecular weight excluding hydrogens is 276 g/mol. The van der Waals surface area contributed by atoms with E-state index in [-0.39, 0.29) is 23.7 Å². The van der Waals surface area contributed by atoms with Crippen LogP contribution in [0.15, 0.2) is 23.1 Å². The minimum absolute atomic E-state index is 0.0498. The Hall–Kier alpha value is -1.11. The summed E-state index contributed by atoms with van der Waals surface area (Å²) in [6, 6.07) is 5.00. The van der Waals surface area contributed by atoms with E-state index in [2.05, 4.69) is 4.72 Å². The lowest BCUT2D eigenvalue weighted by Crippen LogP contribution is -2.39. The van der Waals surface area contributed by atoms with E-state index in [4.69, 9.17) is 5.73 Å². The summed E-state index contributed by atoms with van der Waals surface area (Å²) >= 11 is 0. The average Bonchev–Trinajstić information content (AvgIpc) is 2.40. The molecular formula is C14H24N2O3S. The highest BCUT2D eigenvalue weighted by Crippen LogP contribution is 2.27. The molecule has 0 fully saturated rings. The summed E-state index contributed by atoms with van der Waals surface area (Å²) in [5.41, 5.74) is 6.20. The molecule has 0 bridgehead atoms. The van der Waals surface area contributed by atoms with Gasteiger partial charge in [0.05, 0.1) is 5.69 Å². The van der Waals surface area contributed by atoms with Crippen molar-refractivity contribution in [2.45, 2.75) is 38.5 Å². The second-order valence-corrected chi connectivity index (χ2v) is 6.89. The number of nitrogens with one attached hydrogen (secondary N) is 1. The molecule has 114 valence electrons. The Morgan fingerprint density at radius 1 is 1.30 bits per heavy atom. The largest absolute Gasteiger partial charge is 0.398 e. The van der Waals surface area contributed by atoms with Gasteiger partial charge in [0.1, 0.15) is 4.90 Å². The van der Waals surface area contributed by atoms with Crippen LogP contribution in [0.3, 0.4) is 0 Å². The summed E-state index contributed by atoms with van der Waals surface area (Å²) in [5.74, 6) is 0. The van der Waals surface area contributed by atoms with Crippen LogP contribution in [0.2, 0.25) is 0 Å². The van der Waals surface area contributed by atoms with Crippen molar-refractivity contribution in [1.29, 1.82) is 0 Å². The Labute approximate surface area is 121 Å². The zero-order valence-corrected chi connectivity index (χ0v) is 13.1. The summed E-state index contributed by atoms with van der Waals surface area (Å²) in [6.07, 6.45) is 1.40. The van der Waals surface area contributed by atoms with Gasteiger partial charge < -0.3 is 10.8 Å². The van der Waals surface area contributed by atoms with Gasteiger partial charge in [-0.2, -0.15) is 0 Å². The molecule has 0 aliphatic heterocycles. The van der Waals surface area contributed by atoms with Gasteiger partial charge in [0.15, 0.2) is 0 Å². The summed E-state index contributed by atoms with van der Waals surface area (Å²) in [6.45, 7) is 5.74. The number of sulfonamides is 1. The van der Waals surface area contributed by atoms with Gasteiger partial charge in [-0.1, -0.05) is 26.0 Å². The minimum atomic E-state index is -3.67. The van der Waals surface area contributed by atoms with Gasteiger partial charge in [0.25, 0.3) is 0 Å². The second kappa shape index (κ2) is 6.56. The van der Waals surface area contributed by atoms with Crippen LogP contribution in [0.5, 0.6) is 0 Å². The molecule has 4 N–H and O–H groups in total. The highest BCUT2D eigenvalue weighted by Gasteiger charge is 2.29. The van der Waals surface area contributed by atoms with Crippen LogP contribution in [-0.2, 0) is 10.0 Å². The number of nitrogen functional groups attached to an aromatic ring is 1. The maximum atomic E-state index is 12.4. The normalized spacial score (nSPS) is 12.6. The van der Waals surface area contributed by atoms with Gasteiger partial charge >= 0.3 is 0 Å². The quantitative estimate of drug-likeness (QED) is 0.668. The van der Waals surface area contributed by atoms with Gasteiger partial charge in [-0.05, 0) is 31.4 Å². The Morgan fingerprint density at radius 2 is 1.90 bits per heavy atom. The van der Waals surface area contributed by atoms with E-state index in [1.165, 1.54) is 0 Å². The highest BCUT2D eigenvalue weighted by atomic mass is 32.2.